The van der Waals surface area contributed by atoms with Crippen molar-refractivity contribution < 1.29 is 8.78 Å². The van der Waals surface area contributed by atoms with Crippen LogP contribution in [-0.2, 0) is 12.8 Å². The van der Waals surface area contributed by atoms with Crippen LogP contribution in [0.3, 0.4) is 0 Å². The van der Waals surface area contributed by atoms with Crippen LogP contribution in [0.2, 0.25) is 0 Å². The van der Waals surface area contributed by atoms with E-state index in [-0.39, 0.29) is 5.56 Å². The Kier molecular flexibility index (Phi) is 4.27. The molecular formula is C23H20F2N2S. The molecule has 1 N–H and O–H groups in total. The summed E-state index contributed by atoms with van der Waals surface area (Å²) < 4.78 is 28.8. The smallest absolute Gasteiger partial charge is 0.187 e. The van der Waals surface area contributed by atoms with Crippen LogP contribution in [0.25, 0.3) is 16.1 Å². The van der Waals surface area contributed by atoms with Crippen LogP contribution in [0.15, 0.2) is 42.0 Å². The van der Waals surface area contributed by atoms with Crippen LogP contribution in [0.5, 0.6) is 0 Å². The Morgan fingerprint density at radius 3 is 2.57 bits per heavy atom. The predicted molar refractivity (Wildman–Crippen MR) is 110 cm³/mol. The van der Waals surface area contributed by atoms with Gasteiger partial charge in [-0.3, -0.25) is 0 Å². The molecule has 28 heavy (non-hydrogen) atoms. The number of rotatable bonds is 3. The Bertz CT molecular complexity index is 1090. The third-order valence-corrected chi connectivity index (χ3v) is 6.41. The first kappa shape index (κ1) is 17.6. The summed E-state index contributed by atoms with van der Waals surface area (Å²) in [6.45, 7) is 2.11. The molecule has 0 spiro atoms. The number of hydrogen-bond donors (Lipinski definition) is 1. The number of halogens is 2. The number of nitrogens with zero attached hydrogens (tertiary/aromatic N) is 1. The topological polar surface area (TPSA) is 24.9 Å². The number of allylic oxidation sites excluding steroid dienone is 1. The fraction of sp³-hybridized carbons (Fsp3) is 0.261. The lowest BCUT2D eigenvalue weighted by Crippen LogP contribution is -2.04. The Balaban J connectivity index is 1.55. The maximum Gasteiger partial charge on any atom is 0.187 e. The summed E-state index contributed by atoms with van der Waals surface area (Å²) >= 11 is 1.58. The molecule has 0 saturated heterocycles. The van der Waals surface area contributed by atoms with Crippen molar-refractivity contribution in [3.63, 3.8) is 0 Å². The molecule has 2 aliphatic rings. The highest BCUT2D eigenvalue weighted by Gasteiger charge is 2.26. The lowest BCUT2D eigenvalue weighted by molar-refractivity contribution is 0.577. The number of hydrogen-bond acceptors (Lipinski definition) is 3. The molecule has 1 heterocycles. The van der Waals surface area contributed by atoms with Crippen LogP contribution >= 0.6 is 11.3 Å². The van der Waals surface area contributed by atoms with Gasteiger partial charge in [0.15, 0.2) is 5.13 Å². The molecule has 0 unspecified atom stereocenters. The molecule has 0 aliphatic heterocycles. The molecule has 1 fully saturated rings. The zero-order valence-corrected chi connectivity index (χ0v) is 16.4. The second-order valence-corrected chi connectivity index (χ2v) is 8.51. The van der Waals surface area contributed by atoms with Crippen molar-refractivity contribution in [3.05, 3.63) is 76.0 Å². The average Bonchev–Trinajstić information content (AvgIpc) is 3.45. The highest BCUT2D eigenvalue weighted by atomic mass is 32.1. The fourth-order valence-electron chi connectivity index (χ4n) is 3.87. The van der Waals surface area contributed by atoms with Gasteiger partial charge >= 0.3 is 0 Å². The summed E-state index contributed by atoms with van der Waals surface area (Å²) in [4.78, 5) is 5.97. The number of nitrogens with one attached hydrogen (secondary N) is 1. The van der Waals surface area contributed by atoms with Crippen LogP contribution in [0.1, 0.15) is 41.6 Å². The molecule has 142 valence electrons. The quantitative estimate of drug-likeness (QED) is 0.548. The van der Waals surface area contributed by atoms with Gasteiger partial charge in [0.05, 0.1) is 21.8 Å². The minimum atomic E-state index is -0.541. The zero-order valence-electron chi connectivity index (χ0n) is 15.6. The molecule has 2 aromatic carbocycles. The molecule has 5 rings (SSSR count). The highest BCUT2D eigenvalue weighted by Crippen LogP contribution is 2.42. The zero-order chi connectivity index (χ0) is 19.3. The van der Waals surface area contributed by atoms with Gasteiger partial charge in [0.1, 0.15) is 11.6 Å². The second kappa shape index (κ2) is 6.82. The summed E-state index contributed by atoms with van der Waals surface area (Å²) in [6.07, 6.45) is 4.76. The largest absolute Gasteiger partial charge is 0.331 e. The van der Waals surface area contributed by atoms with E-state index in [2.05, 4.69) is 30.4 Å². The summed E-state index contributed by atoms with van der Waals surface area (Å²) in [5, 5.41) is 3.97. The van der Waals surface area contributed by atoms with Gasteiger partial charge < -0.3 is 5.32 Å². The Morgan fingerprint density at radius 2 is 1.82 bits per heavy atom. The van der Waals surface area contributed by atoms with Gasteiger partial charge in [0.2, 0.25) is 0 Å². The molecule has 1 aromatic heterocycles. The van der Waals surface area contributed by atoms with Crippen molar-refractivity contribution in [2.45, 2.75) is 39.0 Å². The van der Waals surface area contributed by atoms with Crippen LogP contribution in [-0.4, -0.2) is 4.98 Å². The normalized spacial score (nSPS) is 14.9. The number of anilines is 1. The molecule has 2 aliphatic carbocycles. The number of aromatic nitrogens is 1. The van der Waals surface area contributed by atoms with E-state index in [1.54, 1.807) is 11.3 Å². The monoisotopic (exact) mass is 394 g/mol. The fourth-order valence-corrected chi connectivity index (χ4v) is 4.94. The lowest BCUT2D eigenvalue weighted by Gasteiger charge is -2.11. The number of aryl methyl sites for hydroxylation is 3. The lowest BCUT2D eigenvalue weighted by atomic mass is 10.0. The second-order valence-electron chi connectivity index (χ2n) is 7.51. The van der Waals surface area contributed by atoms with E-state index in [4.69, 9.17) is 4.98 Å². The third-order valence-electron chi connectivity index (χ3n) is 5.36. The first-order chi connectivity index (χ1) is 13.6. The van der Waals surface area contributed by atoms with Gasteiger partial charge in [-0.2, -0.15) is 0 Å². The van der Waals surface area contributed by atoms with Crippen molar-refractivity contribution >= 4 is 22.2 Å². The minimum absolute atomic E-state index is 0.0245. The number of benzene rings is 2. The van der Waals surface area contributed by atoms with Crippen molar-refractivity contribution in [1.29, 1.82) is 0 Å². The molecular weight excluding hydrogens is 374 g/mol. The first-order valence-electron chi connectivity index (χ1n) is 9.63. The van der Waals surface area contributed by atoms with E-state index in [1.165, 1.54) is 39.8 Å². The highest BCUT2D eigenvalue weighted by molar-refractivity contribution is 7.19. The van der Waals surface area contributed by atoms with Gasteiger partial charge in [-0.05, 0) is 67.9 Å². The van der Waals surface area contributed by atoms with E-state index >= 15 is 0 Å². The summed E-state index contributed by atoms with van der Waals surface area (Å²) in [7, 11) is 0. The predicted octanol–water partition coefficient (Wildman–Crippen LogP) is 6.50. The van der Waals surface area contributed by atoms with Gasteiger partial charge in [0.25, 0.3) is 0 Å². The summed E-state index contributed by atoms with van der Waals surface area (Å²) in [5.41, 5.74) is 6.55. The van der Waals surface area contributed by atoms with Crippen LogP contribution in [0, 0.1) is 18.6 Å². The summed E-state index contributed by atoms with van der Waals surface area (Å²) in [6, 6.07) is 10.6. The van der Waals surface area contributed by atoms with Crippen molar-refractivity contribution in [2.24, 2.45) is 0 Å². The molecule has 2 nitrogen and oxygen atoms in total. The van der Waals surface area contributed by atoms with Crippen molar-refractivity contribution in [1.82, 2.24) is 4.98 Å². The van der Waals surface area contributed by atoms with Crippen molar-refractivity contribution in [3.8, 4) is 10.4 Å². The Labute approximate surface area is 167 Å². The standard InChI is InChI=1S/C23H20F2N2S/c1-13-8-11-16-15(12-13)4-2-7-19-22(16)28-23(26-19)27-21(14-9-10-14)20-17(24)5-3-6-18(20)25/h3,5-6,8,11-12H,2,4,7,9-10H2,1H3,(H,26,27). The molecule has 5 heteroatoms. The molecule has 0 bridgehead atoms. The van der Waals surface area contributed by atoms with Gasteiger partial charge in [-0.15, -0.1) is 0 Å². The SMILES string of the molecule is Cc1ccc2c(c1)CCCc1nc(NC(=C3CC3)c3c(F)cccc3F)sc1-2. The number of fused-ring (bicyclic) bond motifs is 3. The molecule has 0 radical (unpaired) electrons. The third kappa shape index (κ3) is 3.14. The first-order valence-corrected chi connectivity index (χ1v) is 10.4. The molecule has 0 atom stereocenters. The van der Waals surface area contributed by atoms with E-state index in [1.807, 2.05) is 0 Å². The average molecular weight is 394 g/mol. The van der Waals surface area contributed by atoms with Gasteiger partial charge in [0, 0.05) is 0 Å². The summed E-state index contributed by atoms with van der Waals surface area (Å²) in [5.74, 6) is -1.08. The van der Waals surface area contributed by atoms with Crippen LogP contribution in [0.4, 0.5) is 13.9 Å². The molecule has 3 aromatic rings. The minimum Gasteiger partial charge on any atom is -0.331 e. The maximum absolute atomic E-state index is 14.4. The van der Waals surface area contributed by atoms with E-state index in [9.17, 15) is 8.78 Å². The van der Waals surface area contributed by atoms with E-state index < -0.39 is 11.6 Å². The van der Waals surface area contributed by atoms with E-state index in [0.29, 0.717) is 10.8 Å². The Hall–Kier alpha value is -2.53. The van der Waals surface area contributed by atoms with Gasteiger partial charge in [-0.25, -0.2) is 13.8 Å². The van der Waals surface area contributed by atoms with Gasteiger partial charge in [-0.1, -0.05) is 41.2 Å². The molecule has 1 saturated carbocycles. The molecule has 0 amide bonds. The maximum atomic E-state index is 14.4. The van der Waals surface area contributed by atoms with Crippen molar-refractivity contribution in [2.75, 3.05) is 5.32 Å². The Morgan fingerprint density at radius 1 is 1.04 bits per heavy atom. The van der Waals surface area contributed by atoms with Crippen LogP contribution < -0.4 is 5.32 Å². The van der Waals surface area contributed by atoms with E-state index in [0.717, 1.165) is 43.4 Å². The number of thiazole rings is 1.